The number of carbonyl (C=O) groups excluding carboxylic acids is 1. The Balaban J connectivity index is 1.96. The maximum absolute atomic E-state index is 12.6. The van der Waals surface area contributed by atoms with Gasteiger partial charge in [-0.1, -0.05) is 0 Å². The number of ether oxygens (including phenoxy) is 2. The van der Waals surface area contributed by atoms with Crippen LogP contribution in [0.5, 0.6) is 11.5 Å². The number of carbonyl (C=O) groups is 1. The number of anilines is 1. The molecule has 0 spiro atoms. The van der Waals surface area contributed by atoms with Crippen molar-refractivity contribution in [3.8, 4) is 22.8 Å². The lowest BCUT2D eigenvalue weighted by Gasteiger charge is -2.16. The Kier molecular flexibility index (Phi) is 5.74. The van der Waals surface area contributed by atoms with E-state index in [0.29, 0.717) is 22.3 Å². The third-order valence-corrected chi connectivity index (χ3v) is 4.93. The fraction of sp³-hybridized carbons (Fsp3) is 0.263. The fourth-order valence-electron chi connectivity index (χ4n) is 2.57. The van der Waals surface area contributed by atoms with E-state index in [2.05, 4.69) is 15.4 Å². The van der Waals surface area contributed by atoms with Crippen LogP contribution in [0.2, 0.25) is 0 Å². The number of benzene rings is 1. The first kappa shape index (κ1) is 19.6. The lowest BCUT2D eigenvalue weighted by Crippen LogP contribution is -2.33. The Hall–Kier alpha value is -3.20. The lowest BCUT2D eigenvalue weighted by atomic mass is 10.1. The highest BCUT2D eigenvalue weighted by molar-refractivity contribution is 7.15. The molecule has 0 radical (unpaired) electrons. The minimum atomic E-state index is -0.834. The summed E-state index contributed by atoms with van der Waals surface area (Å²) in [5.41, 5.74) is 0.746. The fourth-order valence-corrected chi connectivity index (χ4v) is 3.24. The third kappa shape index (κ3) is 4.04. The molecule has 0 bridgehead atoms. The van der Waals surface area contributed by atoms with Crippen LogP contribution < -0.4 is 20.3 Å². The summed E-state index contributed by atoms with van der Waals surface area (Å²) in [5, 5.41) is 7.59. The molecule has 0 fully saturated rings. The van der Waals surface area contributed by atoms with Gasteiger partial charge in [0.25, 0.3) is 11.5 Å². The van der Waals surface area contributed by atoms with E-state index < -0.39 is 11.6 Å². The summed E-state index contributed by atoms with van der Waals surface area (Å²) in [7, 11) is 3.05. The van der Waals surface area contributed by atoms with Crippen LogP contribution in [0.4, 0.5) is 5.13 Å². The van der Waals surface area contributed by atoms with Gasteiger partial charge in [0.2, 0.25) is 0 Å². The zero-order chi connectivity index (χ0) is 20.3. The number of rotatable bonds is 6. The molecule has 1 aromatic carbocycles. The molecular weight excluding hydrogens is 380 g/mol. The van der Waals surface area contributed by atoms with Crippen molar-refractivity contribution in [2.24, 2.45) is 0 Å². The number of amides is 1. The molecule has 0 aliphatic rings. The highest BCUT2D eigenvalue weighted by atomic mass is 32.1. The van der Waals surface area contributed by atoms with Gasteiger partial charge in [0.1, 0.15) is 17.5 Å². The van der Waals surface area contributed by atoms with Gasteiger partial charge in [-0.3, -0.25) is 9.59 Å². The molecule has 2 heterocycles. The van der Waals surface area contributed by atoms with Crippen LogP contribution >= 0.6 is 11.3 Å². The van der Waals surface area contributed by atoms with Gasteiger partial charge in [-0.05, 0) is 38.1 Å². The van der Waals surface area contributed by atoms with Crippen LogP contribution in [0.3, 0.4) is 0 Å². The number of nitrogens with one attached hydrogen (secondary N) is 1. The maximum Gasteiger partial charge on any atom is 0.271 e. The summed E-state index contributed by atoms with van der Waals surface area (Å²) in [6, 6.07) is 7.67. The second-order valence-electron chi connectivity index (χ2n) is 6.01. The number of hydrogen-bond acceptors (Lipinski definition) is 7. The molecule has 9 heteroatoms. The Morgan fingerprint density at radius 1 is 1.21 bits per heavy atom. The average Bonchev–Trinajstić information content (AvgIpc) is 3.11. The first-order valence-electron chi connectivity index (χ1n) is 8.48. The minimum absolute atomic E-state index is 0.328. The van der Waals surface area contributed by atoms with Crippen LogP contribution in [-0.2, 0) is 4.79 Å². The van der Waals surface area contributed by atoms with Crippen LogP contribution in [-0.4, -0.2) is 34.9 Å². The third-order valence-electron chi connectivity index (χ3n) is 4.10. The van der Waals surface area contributed by atoms with Gasteiger partial charge >= 0.3 is 0 Å². The van der Waals surface area contributed by atoms with Crippen molar-refractivity contribution in [2.45, 2.75) is 19.9 Å². The van der Waals surface area contributed by atoms with Crippen molar-refractivity contribution in [3.05, 3.63) is 51.8 Å². The zero-order valence-corrected chi connectivity index (χ0v) is 16.7. The van der Waals surface area contributed by atoms with Crippen LogP contribution in [0.1, 0.15) is 17.8 Å². The monoisotopic (exact) mass is 400 g/mol. The Morgan fingerprint density at radius 3 is 2.50 bits per heavy atom. The van der Waals surface area contributed by atoms with Gasteiger partial charge < -0.3 is 14.8 Å². The lowest BCUT2D eigenvalue weighted by molar-refractivity contribution is -0.119. The normalized spacial score (nSPS) is 11.7. The number of hydrogen-bond donors (Lipinski definition) is 1. The summed E-state index contributed by atoms with van der Waals surface area (Å²) in [6.07, 6.45) is 1.67. The minimum Gasteiger partial charge on any atom is -0.497 e. The van der Waals surface area contributed by atoms with Crippen molar-refractivity contribution in [3.63, 3.8) is 0 Å². The van der Waals surface area contributed by atoms with Crippen molar-refractivity contribution in [2.75, 3.05) is 19.5 Å². The summed E-state index contributed by atoms with van der Waals surface area (Å²) in [6.45, 7) is 3.50. The van der Waals surface area contributed by atoms with Gasteiger partial charge in [0.05, 0.1) is 14.2 Å². The quantitative estimate of drug-likeness (QED) is 0.684. The molecule has 0 aliphatic heterocycles. The molecule has 1 unspecified atom stereocenters. The number of nitrogens with zero attached hydrogens (tertiary/aromatic N) is 3. The first-order chi connectivity index (χ1) is 13.4. The van der Waals surface area contributed by atoms with E-state index in [4.69, 9.17) is 9.47 Å². The molecule has 1 N–H and O–H groups in total. The van der Waals surface area contributed by atoms with E-state index in [0.717, 1.165) is 15.1 Å². The summed E-state index contributed by atoms with van der Waals surface area (Å²) in [4.78, 5) is 30.1. The summed E-state index contributed by atoms with van der Waals surface area (Å²) >= 11 is 1.36. The number of methoxy groups -OCH3 is 2. The molecule has 3 rings (SSSR count). The van der Waals surface area contributed by atoms with Gasteiger partial charge in [0, 0.05) is 22.7 Å². The molecule has 0 saturated carbocycles. The predicted octanol–water partition coefficient (Wildman–Crippen LogP) is 2.89. The second-order valence-corrected chi connectivity index (χ2v) is 7.25. The topological polar surface area (TPSA) is 95.3 Å². The highest BCUT2D eigenvalue weighted by Gasteiger charge is 2.21. The average molecular weight is 400 g/mol. The summed E-state index contributed by atoms with van der Waals surface area (Å²) < 4.78 is 11.6. The van der Waals surface area contributed by atoms with Crippen molar-refractivity contribution >= 4 is 22.4 Å². The molecule has 3 aromatic rings. The standard InChI is InChI=1S/C19H20N4O4S/c1-11-10-20-19(28-11)21-18(25)12(2)23-16(24)9-15(27-4)17(22-23)13-5-7-14(26-3)8-6-13/h5-10,12H,1-4H3,(H,20,21,25). The smallest absolute Gasteiger partial charge is 0.271 e. The Labute approximate surface area is 165 Å². The zero-order valence-electron chi connectivity index (χ0n) is 15.9. The van der Waals surface area contributed by atoms with Crippen molar-refractivity contribution < 1.29 is 14.3 Å². The van der Waals surface area contributed by atoms with E-state index in [-0.39, 0.29) is 5.91 Å². The molecule has 1 atom stereocenters. The van der Waals surface area contributed by atoms with Gasteiger partial charge in [-0.15, -0.1) is 11.3 Å². The largest absolute Gasteiger partial charge is 0.497 e. The van der Waals surface area contributed by atoms with E-state index in [9.17, 15) is 9.59 Å². The predicted molar refractivity (Wildman–Crippen MR) is 107 cm³/mol. The van der Waals surface area contributed by atoms with E-state index in [1.807, 2.05) is 19.1 Å². The Morgan fingerprint density at radius 2 is 1.93 bits per heavy atom. The molecule has 2 aromatic heterocycles. The van der Waals surface area contributed by atoms with E-state index in [1.54, 1.807) is 32.4 Å². The van der Waals surface area contributed by atoms with Crippen LogP contribution in [0, 0.1) is 6.92 Å². The van der Waals surface area contributed by atoms with E-state index in [1.165, 1.54) is 24.5 Å². The number of thiazole rings is 1. The molecule has 1 amide bonds. The molecule has 0 saturated heterocycles. The molecule has 0 aliphatic carbocycles. The highest BCUT2D eigenvalue weighted by Crippen LogP contribution is 2.28. The molecule has 28 heavy (non-hydrogen) atoms. The van der Waals surface area contributed by atoms with Gasteiger partial charge in [-0.25, -0.2) is 9.67 Å². The van der Waals surface area contributed by atoms with Crippen molar-refractivity contribution in [1.29, 1.82) is 0 Å². The van der Waals surface area contributed by atoms with Crippen LogP contribution in [0.15, 0.2) is 41.3 Å². The van der Waals surface area contributed by atoms with Crippen LogP contribution in [0.25, 0.3) is 11.3 Å². The summed E-state index contributed by atoms with van der Waals surface area (Å²) in [5.74, 6) is 0.645. The van der Waals surface area contributed by atoms with Gasteiger partial charge in [0.15, 0.2) is 10.9 Å². The SMILES string of the molecule is COc1ccc(-c2nn(C(C)C(=O)Nc3ncc(C)s3)c(=O)cc2OC)cc1. The Bertz CT molecular complexity index is 1040. The first-order valence-corrected chi connectivity index (χ1v) is 9.30. The van der Waals surface area contributed by atoms with Gasteiger partial charge in [-0.2, -0.15) is 5.10 Å². The maximum atomic E-state index is 12.6. The molecular formula is C19H20N4O4S. The molecule has 8 nitrogen and oxygen atoms in total. The second kappa shape index (κ2) is 8.22. The molecule has 146 valence electrons. The number of aromatic nitrogens is 3. The van der Waals surface area contributed by atoms with E-state index >= 15 is 0 Å². The van der Waals surface area contributed by atoms with Crippen molar-refractivity contribution in [1.82, 2.24) is 14.8 Å². The number of aryl methyl sites for hydroxylation is 1.